The molecule has 0 aromatic carbocycles. The molecule has 0 radical (unpaired) electrons. The summed E-state index contributed by atoms with van der Waals surface area (Å²) in [5.41, 5.74) is 1.09. The predicted octanol–water partition coefficient (Wildman–Crippen LogP) is 1.29. The van der Waals surface area contributed by atoms with Crippen molar-refractivity contribution in [1.82, 2.24) is 5.32 Å². The molecule has 1 fully saturated rings. The van der Waals surface area contributed by atoms with Crippen LogP contribution >= 0.6 is 0 Å². The number of carbonyl (C=O) groups excluding carboxylic acids is 1. The molecule has 2 rings (SSSR count). The molecule has 3 heteroatoms. The van der Waals surface area contributed by atoms with E-state index in [4.69, 9.17) is 4.74 Å². The highest BCUT2D eigenvalue weighted by Gasteiger charge is 2.30. The SMILES string of the molecule is CC1(C)C=C(C2COCCN2)C(=O)CC1. The van der Waals surface area contributed by atoms with E-state index in [9.17, 15) is 4.79 Å². The summed E-state index contributed by atoms with van der Waals surface area (Å²) in [6.45, 7) is 6.59. The molecule has 15 heavy (non-hydrogen) atoms. The second kappa shape index (κ2) is 4.06. The summed E-state index contributed by atoms with van der Waals surface area (Å²) in [5, 5.41) is 3.34. The number of morpholine rings is 1. The summed E-state index contributed by atoms with van der Waals surface area (Å²) in [5.74, 6) is 0.289. The Kier molecular flexibility index (Phi) is 2.94. The largest absolute Gasteiger partial charge is 0.378 e. The minimum Gasteiger partial charge on any atom is -0.378 e. The third-order valence-electron chi connectivity index (χ3n) is 3.16. The second-order valence-corrected chi connectivity index (χ2v) is 5.09. The lowest BCUT2D eigenvalue weighted by molar-refractivity contribution is -0.117. The van der Waals surface area contributed by atoms with E-state index in [0.29, 0.717) is 13.0 Å². The maximum absolute atomic E-state index is 11.8. The standard InChI is InChI=1S/C12H19NO2/c1-12(2)4-3-11(14)9(7-12)10-8-15-6-5-13-10/h7,10,13H,3-6,8H2,1-2H3. The van der Waals surface area contributed by atoms with Gasteiger partial charge in [0.25, 0.3) is 0 Å². The Bertz CT molecular complexity index is 288. The molecule has 0 amide bonds. The van der Waals surface area contributed by atoms with Gasteiger partial charge in [-0.15, -0.1) is 0 Å². The molecule has 0 saturated carbocycles. The third-order valence-corrected chi connectivity index (χ3v) is 3.16. The number of carbonyl (C=O) groups is 1. The van der Waals surface area contributed by atoms with Crippen LogP contribution < -0.4 is 5.32 Å². The van der Waals surface area contributed by atoms with E-state index in [1.54, 1.807) is 0 Å². The van der Waals surface area contributed by atoms with E-state index in [1.807, 2.05) is 0 Å². The van der Waals surface area contributed by atoms with Crippen LogP contribution in [0.2, 0.25) is 0 Å². The van der Waals surface area contributed by atoms with Gasteiger partial charge in [0.2, 0.25) is 0 Å². The quantitative estimate of drug-likeness (QED) is 0.707. The van der Waals surface area contributed by atoms with Crippen LogP contribution in [0.4, 0.5) is 0 Å². The molecule has 1 aliphatic heterocycles. The third kappa shape index (κ3) is 2.47. The van der Waals surface area contributed by atoms with Crippen molar-refractivity contribution in [2.75, 3.05) is 19.8 Å². The monoisotopic (exact) mass is 209 g/mol. The van der Waals surface area contributed by atoms with E-state index in [0.717, 1.165) is 25.1 Å². The number of ketones is 1. The van der Waals surface area contributed by atoms with Crippen molar-refractivity contribution in [3.05, 3.63) is 11.6 Å². The Morgan fingerprint density at radius 1 is 1.53 bits per heavy atom. The van der Waals surface area contributed by atoms with Crippen molar-refractivity contribution < 1.29 is 9.53 Å². The highest BCUT2D eigenvalue weighted by molar-refractivity contribution is 5.97. The molecule has 1 aliphatic carbocycles. The smallest absolute Gasteiger partial charge is 0.160 e. The van der Waals surface area contributed by atoms with Gasteiger partial charge in [0, 0.05) is 18.5 Å². The molecular formula is C12H19NO2. The molecule has 0 aromatic heterocycles. The van der Waals surface area contributed by atoms with Crippen molar-refractivity contribution >= 4 is 5.78 Å². The van der Waals surface area contributed by atoms with E-state index in [1.165, 1.54) is 0 Å². The lowest BCUT2D eigenvalue weighted by atomic mass is 9.77. The summed E-state index contributed by atoms with van der Waals surface area (Å²) < 4.78 is 5.40. The maximum Gasteiger partial charge on any atom is 0.160 e. The highest BCUT2D eigenvalue weighted by atomic mass is 16.5. The number of hydrogen-bond donors (Lipinski definition) is 1. The lowest BCUT2D eigenvalue weighted by Crippen LogP contribution is -2.45. The Morgan fingerprint density at radius 2 is 2.33 bits per heavy atom. The van der Waals surface area contributed by atoms with Gasteiger partial charge >= 0.3 is 0 Å². The minimum atomic E-state index is 0.117. The minimum absolute atomic E-state index is 0.117. The van der Waals surface area contributed by atoms with Crippen molar-refractivity contribution in [3.63, 3.8) is 0 Å². The molecule has 1 saturated heterocycles. The first-order valence-corrected chi connectivity index (χ1v) is 5.66. The number of allylic oxidation sites excluding steroid dienone is 1. The topological polar surface area (TPSA) is 38.3 Å². The molecule has 0 bridgehead atoms. The lowest BCUT2D eigenvalue weighted by Gasteiger charge is -2.32. The van der Waals surface area contributed by atoms with Gasteiger partial charge in [-0.1, -0.05) is 19.9 Å². The molecule has 3 nitrogen and oxygen atoms in total. The molecule has 2 aliphatic rings. The van der Waals surface area contributed by atoms with Crippen molar-refractivity contribution in [2.45, 2.75) is 32.7 Å². The van der Waals surface area contributed by atoms with E-state index >= 15 is 0 Å². The highest BCUT2D eigenvalue weighted by Crippen LogP contribution is 2.32. The zero-order valence-corrected chi connectivity index (χ0v) is 9.51. The average Bonchev–Trinajstić information content (AvgIpc) is 2.23. The zero-order chi connectivity index (χ0) is 10.9. The fourth-order valence-corrected chi connectivity index (χ4v) is 2.21. The molecule has 84 valence electrons. The van der Waals surface area contributed by atoms with Crippen LogP contribution in [0.25, 0.3) is 0 Å². The Labute approximate surface area is 90.9 Å². The zero-order valence-electron chi connectivity index (χ0n) is 9.51. The fraction of sp³-hybridized carbons (Fsp3) is 0.750. The summed E-state index contributed by atoms with van der Waals surface area (Å²) >= 11 is 0. The molecule has 0 aromatic rings. The summed E-state index contributed by atoms with van der Waals surface area (Å²) in [7, 11) is 0. The number of nitrogens with one attached hydrogen (secondary N) is 1. The van der Waals surface area contributed by atoms with Crippen LogP contribution in [0, 0.1) is 5.41 Å². The van der Waals surface area contributed by atoms with Crippen LogP contribution in [-0.4, -0.2) is 31.6 Å². The van der Waals surface area contributed by atoms with Gasteiger partial charge in [0.15, 0.2) is 5.78 Å². The average molecular weight is 209 g/mol. The predicted molar refractivity (Wildman–Crippen MR) is 58.7 cm³/mol. The summed E-state index contributed by atoms with van der Waals surface area (Å²) in [6.07, 6.45) is 3.77. The Morgan fingerprint density at radius 3 is 3.00 bits per heavy atom. The fourth-order valence-electron chi connectivity index (χ4n) is 2.21. The van der Waals surface area contributed by atoms with Crippen molar-refractivity contribution in [3.8, 4) is 0 Å². The summed E-state index contributed by atoms with van der Waals surface area (Å²) in [6, 6.07) is 0.117. The van der Waals surface area contributed by atoms with Gasteiger partial charge in [-0.25, -0.2) is 0 Å². The molecule has 1 N–H and O–H groups in total. The second-order valence-electron chi connectivity index (χ2n) is 5.09. The van der Waals surface area contributed by atoms with E-state index in [-0.39, 0.29) is 17.2 Å². The first-order valence-electron chi connectivity index (χ1n) is 5.66. The van der Waals surface area contributed by atoms with E-state index in [2.05, 4.69) is 25.2 Å². The maximum atomic E-state index is 11.8. The van der Waals surface area contributed by atoms with Crippen LogP contribution in [-0.2, 0) is 9.53 Å². The first-order chi connectivity index (χ1) is 7.08. The number of ether oxygens (including phenoxy) is 1. The van der Waals surface area contributed by atoms with Crippen LogP contribution in [0.5, 0.6) is 0 Å². The first kappa shape index (κ1) is 10.8. The summed E-state index contributed by atoms with van der Waals surface area (Å²) in [4.78, 5) is 11.8. The van der Waals surface area contributed by atoms with E-state index < -0.39 is 0 Å². The van der Waals surface area contributed by atoms with Gasteiger partial charge < -0.3 is 10.1 Å². The molecule has 0 spiro atoms. The van der Waals surface area contributed by atoms with Gasteiger partial charge in [-0.05, 0) is 11.8 Å². The van der Waals surface area contributed by atoms with Gasteiger partial charge in [0.05, 0.1) is 19.3 Å². The molecular weight excluding hydrogens is 190 g/mol. The van der Waals surface area contributed by atoms with Gasteiger partial charge in [-0.3, -0.25) is 4.79 Å². The Balaban J connectivity index is 2.17. The Hall–Kier alpha value is -0.670. The van der Waals surface area contributed by atoms with Gasteiger partial charge in [0.1, 0.15) is 0 Å². The molecule has 1 atom stereocenters. The van der Waals surface area contributed by atoms with Crippen molar-refractivity contribution in [2.24, 2.45) is 5.41 Å². The normalized spacial score (nSPS) is 31.2. The van der Waals surface area contributed by atoms with Crippen molar-refractivity contribution in [1.29, 1.82) is 0 Å². The van der Waals surface area contributed by atoms with Crippen LogP contribution in [0.1, 0.15) is 26.7 Å². The number of Topliss-reactive ketones (excluding diaryl/α,β-unsaturated/α-hetero) is 1. The number of hydrogen-bond acceptors (Lipinski definition) is 3. The van der Waals surface area contributed by atoms with Gasteiger partial charge in [-0.2, -0.15) is 0 Å². The van der Waals surface area contributed by atoms with Crippen LogP contribution in [0.3, 0.4) is 0 Å². The molecule has 1 unspecified atom stereocenters. The number of rotatable bonds is 1. The molecule has 1 heterocycles. The van der Waals surface area contributed by atoms with Crippen LogP contribution in [0.15, 0.2) is 11.6 Å².